The maximum atomic E-state index is 6.24. The molecular formula is C15H19ClN2OS. The molecule has 0 atom stereocenters. The van der Waals surface area contributed by atoms with E-state index in [4.69, 9.17) is 16.3 Å². The van der Waals surface area contributed by atoms with Crippen molar-refractivity contribution in [1.82, 2.24) is 10.3 Å². The fourth-order valence-electron chi connectivity index (χ4n) is 1.81. The van der Waals surface area contributed by atoms with E-state index in [1.54, 1.807) is 11.3 Å². The van der Waals surface area contributed by atoms with Crippen molar-refractivity contribution in [1.29, 1.82) is 0 Å². The Bertz CT molecular complexity index is 557. The monoisotopic (exact) mass is 310 g/mol. The van der Waals surface area contributed by atoms with Gasteiger partial charge in [-0.05, 0) is 37.6 Å². The Morgan fingerprint density at radius 3 is 2.90 bits per heavy atom. The van der Waals surface area contributed by atoms with Crippen molar-refractivity contribution in [3.63, 3.8) is 0 Å². The van der Waals surface area contributed by atoms with E-state index in [-0.39, 0.29) is 0 Å². The molecule has 0 aliphatic rings. The van der Waals surface area contributed by atoms with Crippen LogP contribution >= 0.6 is 22.9 Å². The first-order valence-electron chi connectivity index (χ1n) is 6.72. The molecule has 0 amide bonds. The molecule has 2 rings (SSSR count). The van der Waals surface area contributed by atoms with Gasteiger partial charge < -0.3 is 10.1 Å². The molecule has 0 saturated carbocycles. The van der Waals surface area contributed by atoms with Gasteiger partial charge >= 0.3 is 0 Å². The summed E-state index contributed by atoms with van der Waals surface area (Å²) in [5, 5.41) is 7.05. The maximum absolute atomic E-state index is 6.24. The highest BCUT2D eigenvalue weighted by Crippen LogP contribution is 2.26. The number of rotatable bonds is 7. The van der Waals surface area contributed by atoms with Crippen molar-refractivity contribution in [2.24, 2.45) is 0 Å². The molecule has 20 heavy (non-hydrogen) atoms. The van der Waals surface area contributed by atoms with Gasteiger partial charge in [-0.3, -0.25) is 0 Å². The molecule has 1 N–H and O–H groups in total. The lowest BCUT2D eigenvalue weighted by molar-refractivity contribution is 0.302. The van der Waals surface area contributed by atoms with E-state index in [9.17, 15) is 0 Å². The first-order valence-corrected chi connectivity index (χ1v) is 7.97. The Labute approximate surface area is 129 Å². The molecule has 1 aromatic carbocycles. The number of aromatic nitrogens is 1. The van der Waals surface area contributed by atoms with E-state index in [0.29, 0.717) is 17.4 Å². The zero-order valence-electron chi connectivity index (χ0n) is 11.8. The summed E-state index contributed by atoms with van der Waals surface area (Å²) in [7, 11) is 0. The second-order valence-corrected chi connectivity index (χ2v) is 6.06. The fourth-order valence-corrected chi connectivity index (χ4v) is 2.66. The van der Waals surface area contributed by atoms with Crippen molar-refractivity contribution in [3.8, 4) is 5.75 Å². The van der Waals surface area contributed by atoms with Crippen LogP contribution in [-0.4, -0.2) is 11.5 Å². The van der Waals surface area contributed by atoms with Crippen LogP contribution < -0.4 is 10.1 Å². The van der Waals surface area contributed by atoms with Crippen molar-refractivity contribution < 1.29 is 4.74 Å². The number of nitrogens with zero attached hydrogens (tertiary/aromatic N) is 1. The number of ether oxygens (including phenoxy) is 1. The molecule has 2 aromatic rings. The van der Waals surface area contributed by atoms with Gasteiger partial charge in [0.05, 0.1) is 15.7 Å². The molecule has 0 spiro atoms. The van der Waals surface area contributed by atoms with E-state index in [0.717, 1.165) is 30.2 Å². The van der Waals surface area contributed by atoms with E-state index < -0.39 is 0 Å². The molecule has 0 saturated heterocycles. The van der Waals surface area contributed by atoms with Crippen LogP contribution in [0.3, 0.4) is 0 Å². The van der Waals surface area contributed by atoms with Crippen LogP contribution in [0, 0.1) is 6.92 Å². The Hall–Kier alpha value is -1.10. The third kappa shape index (κ3) is 4.47. The van der Waals surface area contributed by atoms with Gasteiger partial charge in [0.25, 0.3) is 0 Å². The highest BCUT2D eigenvalue weighted by atomic mass is 35.5. The molecule has 0 fully saturated rings. The summed E-state index contributed by atoms with van der Waals surface area (Å²) in [6.07, 6.45) is 1.13. The van der Waals surface area contributed by atoms with Crippen molar-refractivity contribution in [2.75, 3.05) is 6.54 Å². The predicted octanol–water partition coefficient (Wildman–Crippen LogP) is 4.18. The maximum Gasteiger partial charge on any atom is 0.138 e. The second kappa shape index (κ2) is 7.62. The third-order valence-corrected chi connectivity index (χ3v) is 3.91. The Morgan fingerprint density at radius 1 is 1.40 bits per heavy atom. The lowest BCUT2D eigenvalue weighted by Gasteiger charge is -2.09. The number of nitrogens with one attached hydrogen (secondary N) is 1. The summed E-state index contributed by atoms with van der Waals surface area (Å²) in [6, 6.07) is 5.91. The summed E-state index contributed by atoms with van der Waals surface area (Å²) in [6.45, 7) is 6.44. The van der Waals surface area contributed by atoms with Gasteiger partial charge in [0.15, 0.2) is 0 Å². The van der Waals surface area contributed by atoms with Gasteiger partial charge in [0.1, 0.15) is 12.4 Å². The molecule has 5 heteroatoms. The minimum atomic E-state index is 0.456. The fraction of sp³-hybridized carbons (Fsp3) is 0.400. The topological polar surface area (TPSA) is 34.1 Å². The van der Waals surface area contributed by atoms with Gasteiger partial charge in [-0.25, -0.2) is 4.98 Å². The number of benzene rings is 1. The first kappa shape index (κ1) is 15.3. The minimum Gasteiger partial charge on any atom is -0.486 e. The molecule has 0 radical (unpaired) electrons. The van der Waals surface area contributed by atoms with Crippen LogP contribution in [0.1, 0.15) is 29.6 Å². The number of hydrogen-bond donors (Lipinski definition) is 1. The van der Waals surface area contributed by atoms with Gasteiger partial charge in [-0.2, -0.15) is 0 Å². The largest absolute Gasteiger partial charge is 0.486 e. The predicted molar refractivity (Wildman–Crippen MR) is 84.6 cm³/mol. The van der Waals surface area contributed by atoms with Crippen molar-refractivity contribution >= 4 is 22.9 Å². The van der Waals surface area contributed by atoms with Gasteiger partial charge in [0.2, 0.25) is 0 Å². The van der Waals surface area contributed by atoms with E-state index in [1.165, 1.54) is 5.56 Å². The van der Waals surface area contributed by atoms with Crippen LogP contribution in [0.15, 0.2) is 23.6 Å². The number of halogens is 1. The zero-order valence-corrected chi connectivity index (χ0v) is 13.4. The van der Waals surface area contributed by atoms with Gasteiger partial charge in [0, 0.05) is 11.9 Å². The van der Waals surface area contributed by atoms with E-state index in [1.807, 2.05) is 30.5 Å². The van der Waals surface area contributed by atoms with E-state index >= 15 is 0 Å². The number of aryl methyl sites for hydroxylation is 1. The molecule has 0 bridgehead atoms. The molecule has 0 unspecified atom stereocenters. The lowest BCUT2D eigenvalue weighted by atomic mass is 10.2. The highest BCUT2D eigenvalue weighted by molar-refractivity contribution is 7.09. The quantitative estimate of drug-likeness (QED) is 0.779. The summed E-state index contributed by atoms with van der Waals surface area (Å²) < 4.78 is 5.71. The SMILES string of the molecule is CCCNCc1ccc(OCc2csc(C)n2)c(Cl)c1. The van der Waals surface area contributed by atoms with Crippen molar-refractivity contribution in [2.45, 2.75) is 33.4 Å². The van der Waals surface area contributed by atoms with Crippen LogP contribution in [0.4, 0.5) is 0 Å². The van der Waals surface area contributed by atoms with Crippen LogP contribution in [0.25, 0.3) is 0 Å². The molecular weight excluding hydrogens is 292 g/mol. The number of hydrogen-bond acceptors (Lipinski definition) is 4. The smallest absolute Gasteiger partial charge is 0.138 e. The summed E-state index contributed by atoms with van der Waals surface area (Å²) in [5.41, 5.74) is 2.11. The minimum absolute atomic E-state index is 0.456. The molecule has 108 valence electrons. The summed E-state index contributed by atoms with van der Waals surface area (Å²) in [5.74, 6) is 0.705. The van der Waals surface area contributed by atoms with E-state index in [2.05, 4.69) is 17.2 Å². The second-order valence-electron chi connectivity index (χ2n) is 4.59. The Kier molecular flexibility index (Phi) is 5.83. The number of thiazole rings is 1. The standard InChI is InChI=1S/C15H19ClN2OS/c1-3-6-17-8-12-4-5-15(14(16)7-12)19-9-13-10-20-11(2)18-13/h4-5,7,10,17H,3,6,8-9H2,1-2H3. The molecule has 0 aliphatic carbocycles. The van der Waals surface area contributed by atoms with Crippen molar-refractivity contribution in [3.05, 3.63) is 44.9 Å². The Balaban J connectivity index is 1.92. The Morgan fingerprint density at radius 2 is 2.25 bits per heavy atom. The zero-order chi connectivity index (χ0) is 14.4. The van der Waals surface area contributed by atoms with Gasteiger partial charge in [-0.1, -0.05) is 24.6 Å². The average Bonchev–Trinajstić information content (AvgIpc) is 2.84. The third-order valence-electron chi connectivity index (χ3n) is 2.79. The molecule has 0 aliphatic heterocycles. The summed E-state index contributed by atoms with van der Waals surface area (Å²) >= 11 is 7.87. The van der Waals surface area contributed by atoms with Crippen LogP contribution in [0.5, 0.6) is 5.75 Å². The lowest BCUT2D eigenvalue weighted by Crippen LogP contribution is -2.13. The molecule has 1 heterocycles. The highest BCUT2D eigenvalue weighted by Gasteiger charge is 2.05. The van der Waals surface area contributed by atoms with Crippen LogP contribution in [0.2, 0.25) is 5.02 Å². The van der Waals surface area contributed by atoms with Crippen LogP contribution in [-0.2, 0) is 13.2 Å². The molecule has 1 aromatic heterocycles. The van der Waals surface area contributed by atoms with Gasteiger partial charge in [-0.15, -0.1) is 11.3 Å². The molecule has 3 nitrogen and oxygen atoms in total. The summed E-state index contributed by atoms with van der Waals surface area (Å²) in [4.78, 5) is 4.36. The average molecular weight is 311 g/mol. The first-order chi connectivity index (χ1) is 9.69. The normalized spacial score (nSPS) is 10.8.